The van der Waals surface area contributed by atoms with Gasteiger partial charge in [-0.25, -0.2) is 10.5 Å². The maximum atomic E-state index is 13.5. The molecule has 0 radical (unpaired) electrons. The van der Waals surface area contributed by atoms with Crippen LogP contribution in [0.2, 0.25) is 0 Å². The standard InChI is InChI=1S/C32H32N4O4/c33-24-14-15-36(19-24)31(38)32(18-27(32)30(37)35-39)17-21-10-12-25(13-11-21)40-20-23-16-29(22-6-2-1-3-7-22)34-28-9-5-4-8-26(23)28/h1-13,16,24,27,39H,14-15,17-20,33H2,(H,35,37). The van der Waals surface area contributed by atoms with Crippen LogP contribution in [-0.4, -0.2) is 46.0 Å². The van der Waals surface area contributed by atoms with Gasteiger partial charge in [0.15, 0.2) is 0 Å². The number of aromatic nitrogens is 1. The molecular formula is C32H32N4O4. The van der Waals surface area contributed by atoms with E-state index in [1.807, 2.05) is 72.8 Å². The maximum Gasteiger partial charge on any atom is 0.247 e. The molecule has 3 unspecified atom stereocenters. The second-order valence-corrected chi connectivity index (χ2v) is 10.8. The number of hydroxylamine groups is 1. The first-order valence-corrected chi connectivity index (χ1v) is 13.6. The normalized spacial score (nSPS) is 21.8. The molecule has 0 spiro atoms. The number of benzene rings is 3. The van der Waals surface area contributed by atoms with Gasteiger partial charge in [-0.1, -0.05) is 60.7 Å². The van der Waals surface area contributed by atoms with Crippen LogP contribution >= 0.6 is 0 Å². The van der Waals surface area contributed by atoms with Gasteiger partial charge in [-0.2, -0.15) is 0 Å². The molecule has 1 aliphatic carbocycles. The quantitative estimate of drug-likeness (QED) is 0.231. The van der Waals surface area contributed by atoms with Crippen molar-refractivity contribution >= 4 is 22.7 Å². The molecule has 8 nitrogen and oxygen atoms in total. The van der Waals surface area contributed by atoms with Gasteiger partial charge in [-0.3, -0.25) is 14.8 Å². The highest BCUT2D eigenvalue weighted by Gasteiger charge is 2.64. The number of amides is 2. The molecule has 204 valence electrons. The third-order valence-electron chi connectivity index (χ3n) is 8.15. The van der Waals surface area contributed by atoms with Crippen molar-refractivity contribution in [2.24, 2.45) is 17.1 Å². The summed E-state index contributed by atoms with van der Waals surface area (Å²) in [5.41, 5.74) is 11.7. The summed E-state index contributed by atoms with van der Waals surface area (Å²) in [5.74, 6) is -0.432. The van der Waals surface area contributed by atoms with Crippen LogP contribution in [0.4, 0.5) is 0 Å². The molecule has 6 rings (SSSR count). The molecule has 8 heteroatoms. The number of rotatable bonds is 8. The summed E-state index contributed by atoms with van der Waals surface area (Å²) in [7, 11) is 0. The van der Waals surface area contributed by atoms with Crippen molar-refractivity contribution in [3.8, 4) is 17.0 Å². The first-order chi connectivity index (χ1) is 19.5. The fraction of sp³-hybridized carbons (Fsp3) is 0.281. The van der Waals surface area contributed by atoms with Crippen molar-refractivity contribution in [1.29, 1.82) is 0 Å². The molecule has 2 aliphatic rings. The number of hydrogen-bond donors (Lipinski definition) is 3. The van der Waals surface area contributed by atoms with Gasteiger partial charge in [0.1, 0.15) is 12.4 Å². The number of nitrogens with zero attached hydrogens (tertiary/aromatic N) is 2. The summed E-state index contributed by atoms with van der Waals surface area (Å²) in [4.78, 5) is 32.3. The number of pyridine rings is 1. The van der Waals surface area contributed by atoms with E-state index in [4.69, 9.17) is 15.5 Å². The van der Waals surface area contributed by atoms with E-state index in [1.165, 1.54) is 0 Å². The van der Waals surface area contributed by atoms with Crippen LogP contribution in [-0.2, 0) is 22.6 Å². The molecule has 4 N–H and O–H groups in total. The Morgan fingerprint density at radius 2 is 1.80 bits per heavy atom. The Hall–Kier alpha value is -4.27. The van der Waals surface area contributed by atoms with Crippen molar-refractivity contribution < 1.29 is 19.5 Å². The van der Waals surface area contributed by atoms with Gasteiger partial charge in [0.25, 0.3) is 0 Å². The minimum atomic E-state index is -0.858. The molecule has 3 atom stereocenters. The predicted molar refractivity (Wildman–Crippen MR) is 151 cm³/mol. The zero-order valence-electron chi connectivity index (χ0n) is 22.1. The van der Waals surface area contributed by atoms with Crippen LogP contribution < -0.4 is 16.0 Å². The third kappa shape index (κ3) is 5.03. The Kier molecular flexibility index (Phi) is 6.96. The van der Waals surface area contributed by atoms with Crippen LogP contribution in [0.5, 0.6) is 5.75 Å². The molecule has 0 bridgehead atoms. The molecule has 4 aromatic rings. The van der Waals surface area contributed by atoms with Crippen molar-refractivity contribution in [2.75, 3.05) is 13.1 Å². The first-order valence-electron chi connectivity index (χ1n) is 13.6. The van der Waals surface area contributed by atoms with E-state index in [0.29, 0.717) is 38.3 Å². The van der Waals surface area contributed by atoms with Gasteiger partial charge in [0.05, 0.1) is 22.5 Å². The Balaban J connectivity index is 1.18. The molecular weight excluding hydrogens is 504 g/mol. The van der Waals surface area contributed by atoms with E-state index in [0.717, 1.165) is 39.7 Å². The van der Waals surface area contributed by atoms with Gasteiger partial charge in [-0.15, -0.1) is 0 Å². The first kappa shape index (κ1) is 26.0. The van der Waals surface area contributed by atoms with E-state index >= 15 is 0 Å². The molecule has 3 aromatic carbocycles. The Bertz CT molecular complexity index is 1540. The lowest BCUT2D eigenvalue weighted by Gasteiger charge is -2.24. The average Bonchev–Trinajstić information content (AvgIpc) is 3.56. The highest BCUT2D eigenvalue weighted by Crippen LogP contribution is 2.56. The monoisotopic (exact) mass is 536 g/mol. The lowest BCUT2D eigenvalue weighted by Crippen LogP contribution is -2.40. The Morgan fingerprint density at radius 3 is 2.52 bits per heavy atom. The Labute approximate surface area is 232 Å². The maximum absolute atomic E-state index is 13.5. The van der Waals surface area contributed by atoms with Crippen molar-refractivity contribution in [1.82, 2.24) is 15.4 Å². The number of carbonyl (C=O) groups excluding carboxylic acids is 2. The number of likely N-dealkylation sites (tertiary alicyclic amines) is 1. The van der Waals surface area contributed by atoms with Crippen LogP contribution in [0.25, 0.3) is 22.2 Å². The van der Waals surface area contributed by atoms with Gasteiger partial charge in [0.2, 0.25) is 11.8 Å². The minimum Gasteiger partial charge on any atom is -0.489 e. The summed E-state index contributed by atoms with van der Waals surface area (Å²) in [6.45, 7) is 1.47. The van der Waals surface area contributed by atoms with E-state index in [9.17, 15) is 14.8 Å². The molecule has 1 aliphatic heterocycles. The Morgan fingerprint density at radius 1 is 1.05 bits per heavy atom. The largest absolute Gasteiger partial charge is 0.489 e. The number of para-hydroxylation sites is 1. The third-order valence-corrected chi connectivity index (χ3v) is 8.15. The summed E-state index contributed by atoms with van der Waals surface area (Å²) >= 11 is 0. The van der Waals surface area contributed by atoms with Crippen molar-refractivity contribution in [2.45, 2.75) is 31.9 Å². The summed E-state index contributed by atoms with van der Waals surface area (Å²) in [5, 5.41) is 10.2. The smallest absolute Gasteiger partial charge is 0.247 e. The molecule has 1 saturated carbocycles. The number of carbonyl (C=O) groups is 2. The van der Waals surface area contributed by atoms with Crippen molar-refractivity contribution in [3.05, 3.63) is 96.1 Å². The number of nitrogens with two attached hydrogens (primary N) is 1. The van der Waals surface area contributed by atoms with Crippen LogP contribution in [0.15, 0.2) is 84.9 Å². The van der Waals surface area contributed by atoms with Crippen molar-refractivity contribution in [3.63, 3.8) is 0 Å². The van der Waals surface area contributed by atoms with Crippen LogP contribution in [0.1, 0.15) is 24.0 Å². The minimum absolute atomic E-state index is 0.0393. The fourth-order valence-electron chi connectivity index (χ4n) is 5.87. The van der Waals surface area contributed by atoms with E-state index in [1.54, 1.807) is 10.4 Å². The van der Waals surface area contributed by atoms with Gasteiger partial charge in [0, 0.05) is 35.6 Å². The zero-order valence-corrected chi connectivity index (χ0v) is 22.1. The molecule has 2 heterocycles. The second kappa shape index (κ2) is 10.7. The lowest BCUT2D eigenvalue weighted by atomic mass is 9.92. The SMILES string of the molecule is NC1CCN(C(=O)C2(Cc3ccc(OCc4cc(-c5ccccc5)nc5ccccc45)cc3)CC2C(=O)NO)C1. The van der Waals surface area contributed by atoms with Crippen LogP contribution in [0, 0.1) is 11.3 Å². The summed E-state index contributed by atoms with van der Waals surface area (Å²) in [6, 6.07) is 27.8. The highest BCUT2D eigenvalue weighted by molar-refractivity contribution is 5.96. The fourth-order valence-corrected chi connectivity index (χ4v) is 5.87. The van der Waals surface area contributed by atoms with Gasteiger partial charge < -0.3 is 15.4 Å². The van der Waals surface area contributed by atoms with E-state index in [-0.39, 0.29) is 11.9 Å². The van der Waals surface area contributed by atoms with E-state index < -0.39 is 17.2 Å². The average molecular weight is 537 g/mol. The second-order valence-electron chi connectivity index (χ2n) is 10.8. The molecule has 1 saturated heterocycles. The number of fused-ring (bicyclic) bond motifs is 1. The predicted octanol–water partition coefficient (Wildman–Crippen LogP) is 4.09. The zero-order chi connectivity index (χ0) is 27.7. The summed E-state index contributed by atoms with van der Waals surface area (Å²) < 4.78 is 6.20. The highest BCUT2D eigenvalue weighted by atomic mass is 16.5. The number of ether oxygens (including phenoxy) is 1. The molecule has 1 aromatic heterocycles. The number of hydrogen-bond acceptors (Lipinski definition) is 6. The van der Waals surface area contributed by atoms with Crippen LogP contribution in [0.3, 0.4) is 0 Å². The lowest BCUT2D eigenvalue weighted by molar-refractivity contribution is -0.140. The molecule has 2 amide bonds. The van der Waals surface area contributed by atoms with E-state index in [2.05, 4.69) is 12.1 Å². The van der Waals surface area contributed by atoms with Gasteiger partial charge >= 0.3 is 0 Å². The molecule has 40 heavy (non-hydrogen) atoms. The summed E-state index contributed by atoms with van der Waals surface area (Å²) in [6.07, 6.45) is 1.57. The topological polar surface area (TPSA) is 118 Å². The molecule has 2 fully saturated rings. The number of nitrogens with one attached hydrogen (secondary N) is 1. The van der Waals surface area contributed by atoms with Gasteiger partial charge in [-0.05, 0) is 49.1 Å².